The summed E-state index contributed by atoms with van der Waals surface area (Å²) in [6.45, 7) is 2.11. The lowest BCUT2D eigenvalue weighted by Crippen LogP contribution is -2.33. The fourth-order valence-corrected chi connectivity index (χ4v) is 3.59. The van der Waals surface area contributed by atoms with Gasteiger partial charge < -0.3 is 5.11 Å². The third-order valence-corrected chi connectivity index (χ3v) is 4.72. The minimum atomic E-state index is -0.879. The van der Waals surface area contributed by atoms with Crippen molar-refractivity contribution in [1.82, 2.24) is 0 Å². The molecule has 0 radical (unpaired) electrons. The van der Waals surface area contributed by atoms with Gasteiger partial charge in [0.05, 0.1) is 17.6 Å². The molecule has 1 aromatic carbocycles. The Bertz CT molecular complexity index is 513. The summed E-state index contributed by atoms with van der Waals surface area (Å²) in [5, 5.41) is 20.1. The second kappa shape index (κ2) is 5.60. The summed E-state index contributed by atoms with van der Waals surface area (Å²) < 4.78 is 13.6. The molecule has 0 amide bonds. The predicted octanol–water partition coefficient (Wildman–Crippen LogP) is 4.34. The zero-order chi connectivity index (χ0) is 14.0. The van der Waals surface area contributed by atoms with Gasteiger partial charge >= 0.3 is 0 Å². The zero-order valence-corrected chi connectivity index (χ0v) is 12.5. The van der Waals surface area contributed by atoms with Crippen LogP contribution in [0.25, 0.3) is 0 Å². The molecule has 3 unspecified atom stereocenters. The quantitative estimate of drug-likeness (QED) is 0.878. The van der Waals surface area contributed by atoms with Crippen LogP contribution < -0.4 is 0 Å². The minimum absolute atomic E-state index is 0.356. The number of nitriles is 1. The van der Waals surface area contributed by atoms with Crippen LogP contribution in [0.5, 0.6) is 0 Å². The highest BCUT2D eigenvalue weighted by atomic mass is 79.9. The van der Waals surface area contributed by atoms with Gasteiger partial charge in [-0.3, -0.25) is 0 Å². The Balaban J connectivity index is 2.35. The van der Waals surface area contributed by atoms with Crippen molar-refractivity contribution < 1.29 is 9.50 Å². The Morgan fingerprint density at radius 2 is 2.32 bits per heavy atom. The Morgan fingerprint density at radius 1 is 1.58 bits per heavy atom. The number of rotatable bonds is 2. The van der Waals surface area contributed by atoms with Crippen LogP contribution in [0.3, 0.4) is 0 Å². The molecule has 1 fully saturated rings. The highest BCUT2D eigenvalue weighted by Crippen LogP contribution is 2.48. The number of aliphatic hydroxyl groups is 1. The smallest absolute Gasteiger partial charge is 0.124 e. The van der Waals surface area contributed by atoms with E-state index in [9.17, 15) is 14.8 Å². The summed E-state index contributed by atoms with van der Waals surface area (Å²) in [7, 11) is 0. The average Bonchev–Trinajstić information content (AvgIpc) is 2.38. The first kappa shape index (κ1) is 14.5. The van der Waals surface area contributed by atoms with E-state index >= 15 is 0 Å². The van der Waals surface area contributed by atoms with Crippen LogP contribution in [0.4, 0.5) is 4.39 Å². The van der Waals surface area contributed by atoms with Gasteiger partial charge in [-0.2, -0.15) is 5.26 Å². The molecular weight excluding hydrogens is 309 g/mol. The highest BCUT2D eigenvalue weighted by Gasteiger charge is 2.42. The lowest BCUT2D eigenvalue weighted by atomic mass is 9.66. The molecule has 0 heterocycles. The fourth-order valence-electron chi connectivity index (χ4n) is 3.02. The molecule has 2 rings (SSSR count). The Hall–Kier alpha value is -0.920. The summed E-state index contributed by atoms with van der Waals surface area (Å²) >= 11 is 3.27. The largest absolute Gasteiger partial charge is 0.387 e. The van der Waals surface area contributed by atoms with E-state index in [-0.39, 0.29) is 5.82 Å². The molecule has 3 atom stereocenters. The molecule has 1 saturated carbocycles. The summed E-state index contributed by atoms with van der Waals surface area (Å²) in [4.78, 5) is 0. The van der Waals surface area contributed by atoms with Crippen molar-refractivity contribution in [3.8, 4) is 6.07 Å². The molecule has 4 heteroatoms. The summed E-state index contributed by atoms with van der Waals surface area (Å²) in [5.41, 5.74) is -0.157. The topological polar surface area (TPSA) is 44.0 Å². The molecule has 0 aliphatic heterocycles. The molecular formula is C15H17BrFNO. The Labute approximate surface area is 121 Å². The second-order valence-electron chi connectivity index (χ2n) is 5.54. The van der Waals surface area contributed by atoms with Gasteiger partial charge in [-0.25, -0.2) is 4.39 Å². The van der Waals surface area contributed by atoms with Gasteiger partial charge in [0.2, 0.25) is 0 Å². The van der Waals surface area contributed by atoms with Crippen molar-refractivity contribution in [3.63, 3.8) is 0 Å². The molecule has 1 aliphatic rings. The van der Waals surface area contributed by atoms with Crippen molar-refractivity contribution >= 4 is 15.9 Å². The number of aliphatic hydroxyl groups excluding tert-OH is 1. The van der Waals surface area contributed by atoms with Crippen LogP contribution in [0.1, 0.15) is 44.3 Å². The van der Waals surface area contributed by atoms with Gasteiger partial charge in [-0.1, -0.05) is 41.8 Å². The van der Waals surface area contributed by atoms with Crippen molar-refractivity contribution in [2.75, 3.05) is 0 Å². The standard InChI is InChI=1S/C15H17BrFNO/c1-10-3-2-6-15(8-10,9-18)14(19)12-5-4-11(17)7-13(12)16/h4-5,7,10,14,19H,2-3,6,8H2,1H3. The van der Waals surface area contributed by atoms with E-state index in [4.69, 9.17) is 0 Å². The molecule has 1 aliphatic carbocycles. The van der Waals surface area contributed by atoms with Crippen LogP contribution in [-0.2, 0) is 0 Å². The maximum Gasteiger partial charge on any atom is 0.124 e. The van der Waals surface area contributed by atoms with Gasteiger partial charge in [0.15, 0.2) is 0 Å². The van der Waals surface area contributed by atoms with Crippen molar-refractivity contribution in [1.29, 1.82) is 5.26 Å². The molecule has 0 spiro atoms. The van der Waals surface area contributed by atoms with Gasteiger partial charge in [-0.05, 0) is 36.5 Å². The van der Waals surface area contributed by atoms with Gasteiger partial charge in [0.25, 0.3) is 0 Å². The van der Waals surface area contributed by atoms with Crippen LogP contribution in [0.15, 0.2) is 22.7 Å². The molecule has 1 aromatic rings. The van der Waals surface area contributed by atoms with Gasteiger partial charge in [-0.15, -0.1) is 0 Å². The van der Waals surface area contributed by atoms with Crippen LogP contribution in [0, 0.1) is 28.5 Å². The molecule has 2 nitrogen and oxygen atoms in total. The van der Waals surface area contributed by atoms with E-state index in [1.165, 1.54) is 12.1 Å². The van der Waals surface area contributed by atoms with Crippen LogP contribution in [0.2, 0.25) is 0 Å². The Morgan fingerprint density at radius 3 is 2.89 bits per heavy atom. The SMILES string of the molecule is CC1CCCC(C#N)(C(O)c2ccc(F)cc2Br)C1. The fraction of sp³-hybridized carbons (Fsp3) is 0.533. The second-order valence-corrected chi connectivity index (χ2v) is 6.39. The average molecular weight is 326 g/mol. The third-order valence-electron chi connectivity index (χ3n) is 4.04. The summed E-state index contributed by atoms with van der Waals surface area (Å²) in [6, 6.07) is 6.53. The number of halogens is 2. The van der Waals surface area contributed by atoms with E-state index in [1.54, 1.807) is 6.07 Å². The lowest BCUT2D eigenvalue weighted by Gasteiger charge is -2.38. The monoisotopic (exact) mass is 325 g/mol. The predicted molar refractivity (Wildman–Crippen MR) is 74.7 cm³/mol. The van der Waals surface area contributed by atoms with E-state index < -0.39 is 11.5 Å². The summed E-state index contributed by atoms with van der Waals surface area (Å²) in [5.74, 6) is 0.0770. The molecule has 102 valence electrons. The van der Waals surface area contributed by atoms with Crippen molar-refractivity contribution in [2.45, 2.75) is 38.7 Å². The molecule has 1 N–H and O–H groups in total. The molecule has 0 bridgehead atoms. The van der Waals surface area contributed by atoms with Crippen molar-refractivity contribution in [3.05, 3.63) is 34.1 Å². The maximum absolute atomic E-state index is 13.1. The molecule has 19 heavy (non-hydrogen) atoms. The maximum atomic E-state index is 13.1. The van der Waals surface area contributed by atoms with E-state index in [0.29, 0.717) is 28.8 Å². The number of nitrogens with zero attached hydrogens (tertiary/aromatic N) is 1. The summed E-state index contributed by atoms with van der Waals surface area (Å²) in [6.07, 6.45) is 2.55. The minimum Gasteiger partial charge on any atom is -0.387 e. The first-order chi connectivity index (χ1) is 8.98. The van der Waals surface area contributed by atoms with E-state index in [1.807, 2.05) is 0 Å². The van der Waals surface area contributed by atoms with Gasteiger partial charge in [0, 0.05) is 4.47 Å². The Kier molecular flexibility index (Phi) is 4.27. The van der Waals surface area contributed by atoms with Crippen molar-refractivity contribution in [2.24, 2.45) is 11.3 Å². The highest BCUT2D eigenvalue weighted by molar-refractivity contribution is 9.10. The number of benzene rings is 1. The molecule has 0 saturated heterocycles. The molecule has 0 aromatic heterocycles. The van der Waals surface area contributed by atoms with E-state index in [2.05, 4.69) is 28.9 Å². The normalized spacial score (nSPS) is 28.7. The number of hydrogen-bond donors (Lipinski definition) is 1. The zero-order valence-electron chi connectivity index (χ0n) is 10.9. The first-order valence-electron chi connectivity index (χ1n) is 6.53. The lowest BCUT2D eigenvalue weighted by molar-refractivity contribution is 0.0214. The van der Waals surface area contributed by atoms with Crippen LogP contribution in [-0.4, -0.2) is 5.11 Å². The van der Waals surface area contributed by atoms with Crippen LogP contribution >= 0.6 is 15.9 Å². The first-order valence-corrected chi connectivity index (χ1v) is 7.32. The van der Waals surface area contributed by atoms with Gasteiger partial charge in [0.1, 0.15) is 5.82 Å². The third kappa shape index (κ3) is 2.82. The number of hydrogen-bond acceptors (Lipinski definition) is 2. The van der Waals surface area contributed by atoms with E-state index in [0.717, 1.165) is 12.8 Å².